The van der Waals surface area contributed by atoms with E-state index in [0.717, 1.165) is 23.9 Å². The zero-order valence-corrected chi connectivity index (χ0v) is 13.7. The molecule has 0 aliphatic rings. The van der Waals surface area contributed by atoms with Crippen molar-refractivity contribution in [2.24, 2.45) is 7.05 Å². The molecule has 24 heavy (non-hydrogen) atoms. The van der Waals surface area contributed by atoms with Crippen LogP contribution in [0.3, 0.4) is 0 Å². The van der Waals surface area contributed by atoms with E-state index in [4.69, 9.17) is 0 Å². The molecule has 0 amide bonds. The summed E-state index contributed by atoms with van der Waals surface area (Å²) >= 11 is 0. The first-order valence-electron chi connectivity index (χ1n) is 6.52. The van der Waals surface area contributed by atoms with Crippen molar-refractivity contribution in [2.75, 3.05) is 6.26 Å². The van der Waals surface area contributed by atoms with Gasteiger partial charge in [0, 0.05) is 18.9 Å². The van der Waals surface area contributed by atoms with Gasteiger partial charge in [-0.2, -0.15) is 18.3 Å². The summed E-state index contributed by atoms with van der Waals surface area (Å²) in [6.07, 6.45) is -3.20. The number of rotatable bonds is 3. The third-order valence-corrected chi connectivity index (χ3v) is 4.75. The maximum atomic E-state index is 13.1. The summed E-state index contributed by atoms with van der Waals surface area (Å²) in [4.78, 5) is 11.5. The first kappa shape index (κ1) is 18.0. The Hall–Kier alpha value is -2.36. The summed E-state index contributed by atoms with van der Waals surface area (Å²) in [7, 11) is -2.88. The van der Waals surface area contributed by atoms with E-state index in [0.29, 0.717) is 12.3 Å². The Labute approximate surface area is 135 Å². The molecule has 0 spiro atoms. The van der Waals surface area contributed by atoms with E-state index in [9.17, 15) is 31.5 Å². The molecule has 0 bridgehead atoms. The van der Waals surface area contributed by atoms with Crippen molar-refractivity contribution in [3.63, 3.8) is 0 Å². The molecular weight excluding hydrogens is 349 g/mol. The van der Waals surface area contributed by atoms with E-state index < -0.39 is 38.1 Å². The Morgan fingerprint density at radius 1 is 1.25 bits per heavy atom. The summed E-state index contributed by atoms with van der Waals surface area (Å²) in [5.74, 6) is -1.29. The van der Waals surface area contributed by atoms with Gasteiger partial charge in [-0.05, 0) is 18.6 Å². The van der Waals surface area contributed by atoms with E-state index in [1.165, 1.54) is 7.05 Å². The van der Waals surface area contributed by atoms with Gasteiger partial charge < -0.3 is 5.11 Å². The van der Waals surface area contributed by atoms with Crippen molar-refractivity contribution in [1.29, 1.82) is 0 Å². The molecule has 130 valence electrons. The second-order valence-electron chi connectivity index (χ2n) is 5.22. The largest absolute Gasteiger partial charge is 0.493 e. The van der Waals surface area contributed by atoms with Gasteiger partial charge in [0.1, 0.15) is 5.56 Å². The average Bonchev–Trinajstić information content (AvgIpc) is 2.75. The molecule has 0 radical (unpaired) electrons. The third kappa shape index (κ3) is 3.01. The van der Waals surface area contributed by atoms with Crippen LogP contribution in [0.2, 0.25) is 0 Å². The molecule has 1 heterocycles. The Morgan fingerprint density at radius 3 is 2.25 bits per heavy atom. The number of aryl methyl sites for hydroxylation is 1. The van der Waals surface area contributed by atoms with Gasteiger partial charge in [0.05, 0.1) is 16.7 Å². The van der Waals surface area contributed by atoms with Crippen molar-refractivity contribution >= 4 is 15.6 Å². The van der Waals surface area contributed by atoms with E-state index in [1.54, 1.807) is 0 Å². The van der Waals surface area contributed by atoms with Crippen molar-refractivity contribution < 1.29 is 31.5 Å². The van der Waals surface area contributed by atoms with Gasteiger partial charge in [-0.1, -0.05) is 6.07 Å². The second kappa shape index (κ2) is 5.62. The number of carbonyl (C=O) groups is 1. The molecule has 0 saturated heterocycles. The first-order chi connectivity index (χ1) is 10.9. The Bertz CT molecular complexity index is 930. The Balaban J connectivity index is 2.75. The summed E-state index contributed by atoms with van der Waals surface area (Å²) in [6, 6.07) is 1.44. The summed E-state index contributed by atoms with van der Waals surface area (Å²) in [5, 5.41) is 13.4. The minimum atomic E-state index is -4.89. The fourth-order valence-electron chi connectivity index (χ4n) is 2.38. The van der Waals surface area contributed by atoms with Crippen LogP contribution in [0.15, 0.2) is 23.2 Å². The van der Waals surface area contributed by atoms with Crippen LogP contribution in [-0.2, 0) is 23.1 Å². The van der Waals surface area contributed by atoms with Crippen LogP contribution in [0.1, 0.15) is 27.0 Å². The van der Waals surface area contributed by atoms with E-state index in [2.05, 4.69) is 5.10 Å². The van der Waals surface area contributed by atoms with Crippen LogP contribution in [0, 0.1) is 6.92 Å². The lowest BCUT2D eigenvalue weighted by atomic mass is 9.98. The highest BCUT2D eigenvalue weighted by molar-refractivity contribution is 7.90. The number of aromatic hydroxyl groups is 1. The minimum Gasteiger partial charge on any atom is -0.493 e. The van der Waals surface area contributed by atoms with Gasteiger partial charge >= 0.3 is 6.18 Å². The van der Waals surface area contributed by atoms with Crippen LogP contribution in [-0.4, -0.2) is 35.3 Å². The number of hydrogen-bond donors (Lipinski definition) is 1. The molecule has 0 aliphatic heterocycles. The highest BCUT2D eigenvalue weighted by Crippen LogP contribution is 2.37. The standard InChI is InChI=1S/C14H13F3N2O4S/c1-7-8(11(20)9-6-18-19(2)13(9)21)4-5-10(14(15,16)17)12(7)24(3,22)23/h4-6,21H,1-3H3. The molecule has 1 aromatic heterocycles. The summed E-state index contributed by atoms with van der Waals surface area (Å²) < 4.78 is 63.9. The zero-order valence-electron chi connectivity index (χ0n) is 12.8. The fraction of sp³-hybridized carbons (Fsp3) is 0.286. The maximum absolute atomic E-state index is 13.1. The average molecular weight is 362 g/mol. The molecule has 1 aromatic carbocycles. The van der Waals surface area contributed by atoms with Crippen LogP contribution >= 0.6 is 0 Å². The normalized spacial score (nSPS) is 12.4. The SMILES string of the molecule is Cc1c(C(=O)c2cnn(C)c2O)ccc(C(F)(F)F)c1S(C)(=O)=O. The molecule has 6 nitrogen and oxygen atoms in total. The number of aromatic nitrogens is 2. The van der Waals surface area contributed by atoms with Crippen molar-refractivity contribution in [3.8, 4) is 5.88 Å². The number of alkyl halides is 3. The van der Waals surface area contributed by atoms with Gasteiger partial charge in [0.15, 0.2) is 15.6 Å². The number of hydrogen-bond acceptors (Lipinski definition) is 5. The number of benzene rings is 1. The predicted octanol–water partition coefficient (Wildman–Crippen LogP) is 2.09. The van der Waals surface area contributed by atoms with Crippen LogP contribution < -0.4 is 0 Å². The van der Waals surface area contributed by atoms with Crippen LogP contribution in [0.4, 0.5) is 13.2 Å². The Morgan fingerprint density at radius 2 is 1.83 bits per heavy atom. The van der Waals surface area contributed by atoms with Crippen molar-refractivity contribution in [2.45, 2.75) is 18.0 Å². The smallest absolute Gasteiger partial charge is 0.417 e. The molecule has 0 saturated carbocycles. The van der Waals surface area contributed by atoms with Crippen molar-refractivity contribution in [3.05, 3.63) is 40.6 Å². The number of sulfone groups is 1. The Kier molecular flexibility index (Phi) is 4.21. The number of halogens is 3. The van der Waals surface area contributed by atoms with E-state index >= 15 is 0 Å². The first-order valence-corrected chi connectivity index (χ1v) is 8.41. The number of nitrogens with zero attached hydrogens (tertiary/aromatic N) is 2. The third-order valence-electron chi connectivity index (χ3n) is 3.48. The molecule has 1 N–H and O–H groups in total. The van der Waals surface area contributed by atoms with E-state index in [1.807, 2.05) is 0 Å². The quantitative estimate of drug-likeness (QED) is 0.845. The highest BCUT2D eigenvalue weighted by atomic mass is 32.2. The van der Waals surface area contributed by atoms with Crippen molar-refractivity contribution in [1.82, 2.24) is 9.78 Å². The molecule has 2 aromatic rings. The summed E-state index contributed by atoms with van der Waals surface area (Å²) in [5.41, 5.74) is -2.17. The molecular formula is C14H13F3N2O4S. The summed E-state index contributed by atoms with van der Waals surface area (Å²) in [6.45, 7) is 1.12. The molecule has 0 fully saturated rings. The lowest BCUT2D eigenvalue weighted by Crippen LogP contribution is -2.16. The van der Waals surface area contributed by atoms with Gasteiger partial charge in [-0.15, -0.1) is 0 Å². The van der Waals surface area contributed by atoms with Gasteiger partial charge in [0.25, 0.3) is 0 Å². The lowest BCUT2D eigenvalue weighted by Gasteiger charge is -2.16. The number of carbonyl (C=O) groups excluding carboxylic acids is 1. The van der Waals surface area contributed by atoms with Gasteiger partial charge in [0.2, 0.25) is 5.88 Å². The molecule has 0 unspecified atom stereocenters. The van der Waals surface area contributed by atoms with Gasteiger partial charge in [-0.25, -0.2) is 13.1 Å². The second-order valence-corrected chi connectivity index (χ2v) is 7.17. The van der Waals surface area contributed by atoms with Gasteiger partial charge in [-0.3, -0.25) is 4.79 Å². The molecule has 2 rings (SSSR count). The fourth-order valence-corrected chi connectivity index (χ4v) is 3.62. The van der Waals surface area contributed by atoms with Crippen LogP contribution in [0.25, 0.3) is 0 Å². The topological polar surface area (TPSA) is 89.3 Å². The number of ketones is 1. The predicted molar refractivity (Wildman–Crippen MR) is 77.6 cm³/mol. The molecule has 0 atom stereocenters. The van der Waals surface area contributed by atoms with E-state index in [-0.39, 0.29) is 16.7 Å². The monoisotopic (exact) mass is 362 g/mol. The molecule has 10 heteroatoms. The van der Waals surface area contributed by atoms with Crippen LogP contribution in [0.5, 0.6) is 5.88 Å². The zero-order chi connectivity index (χ0) is 18.4. The lowest BCUT2D eigenvalue weighted by molar-refractivity contribution is -0.139. The minimum absolute atomic E-state index is 0.236. The molecule has 0 aliphatic carbocycles. The highest BCUT2D eigenvalue weighted by Gasteiger charge is 2.38. The maximum Gasteiger partial charge on any atom is 0.417 e.